The molecule has 0 amide bonds. The number of esters is 1. The molecule has 5 heteroatoms. The second kappa shape index (κ2) is 11.6. The van der Waals surface area contributed by atoms with Gasteiger partial charge in [-0.2, -0.15) is 0 Å². The molecule has 0 spiro atoms. The monoisotopic (exact) mass is 509 g/mol. The van der Waals surface area contributed by atoms with E-state index in [0.29, 0.717) is 23.5 Å². The fraction of sp³-hybridized carbons (Fsp3) is 0.219. The first-order chi connectivity index (χ1) is 17.8. The van der Waals surface area contributed by atoms with Gasteiger partial charge in [-0.25, -0.2) is 4.79 Å². The standard InChI is InChI=1S/C32H33O4Si/c1-32(2,3)24-19-20-27(30-28(31(33)35-5)17-12-18-29(30)34-4)23(21-24)22-36-37(25-13-8-6-9-14-25)26-15-10-7-11-16-26/h6-21H,22H2,1-5H3. The minimum atomic E-state index is -1.51. The summed E-state index contributed by atoms with van der Waals surface area (Å²) in [5, 5.41) is 2.36. The zero-order chi connectivity index (χ0) is 26.4. The Morgan fingerprint density at radius 2 is 1.41 bits per heavy atom. The van der Waals surface area contributed by atoms with Gasteiger partial charge in [0.05, 0.1) is 26.4 Å². The van der Waals surface area contributed by atoms with Crippen LogP contribution in [0.3, 0.4) is 0 Å². The van der Waals surface area contributed by atoms with E-state index < -0.39 is 15.0 Å². The van der Waals surface area contributed by atoms with Gasteiger partial charge >= 0.3 is 5.97 Å². The van der Waals surface area contributed by atoms with E-state index in [1.165, 1.54) is 23.0 Å². The molecule has 0 saturated heterocycles. The van der Waals surface area contributed by atoms with Gasteiger partial charge in [0.1, 0.15) is 5.75 Å². The number of hydrogen-bond donors (Lipinski definition) is 0. The molecule has 0 aliphatic carbocycles. The van der Waals surface area contributed by atoms with Crippen LogP contribution in [0.2, 0.25) is 0 Å². The van der Waals surface area contributed by atoms with Crippen molar-refractivity contribution >= 4 is 25.4 Å². The Kier molecular flexibility index (Phi) is 8.26. The number of carbonyl (C=O) groups excluding carboxylic acids is 1. The summed E-state index contributed by atoms with van der Waals surface area (Å²) in [6.07, 6.45) is 0. The Hall–Kier alpha value is -3.67. The smallest absolute Gasteiger partial charge is 0.338 e. The van der Waals surface area contributed by atoms with Gasteiger partial charge in [-0.1, -0.05) is 106 Å². The van der Waals surface area contributed by atoms with Crippen molar-refractivity contribution in [2.45, 2.75) is 32.8 Å². The summed E-state index contributed by atoms with van der Waals surface area (Å²) in [7, 11) is 1.50. The molecule has 0 saturated carbocycles. The van der Waals surface area contributed by atoms with E-state index in [2.05, 4.69) is 87.5 Å². The highest BCUT2D eigenvalue weighted by atomic mass is 28.3. The Labute approximate surface area is 221 Å². The number of benzene rings is 4. The lowest BCUT2D eigenvalue weighted by atomic mass is 9.84. The van der Waals surface area contributed by atoms with Crippen LogP contribution in [0.4, 0.5) is 0 Å². The first kappa shape index (κ1) is 26.4. The molecule has 0 aliphatic heterocycles. The summed E-state index contributed by atoms with van der Waals surface area (Å²) in [4.78, 5) is 12.7. The van der Waals surface area contributed by atoms with E-state index in [0.717, 1.165) is 11.1 Å². The summed E-state index contributed by atoms with van der Waals surface area (Å²) >= 11 is 0. The molecule has 1 radical (unpaired) electrons. The van der Waals surface area contributed by atoms with Gasteiger partial charge in [0, 0.05) is 5.56 Å². The SMILES string of the molecule is COC(=O)c1cccc(OC)c1-c1ccc(C(C)(C)C)cc1CO[Si](c1ccccc1)c1ccccc1. The highest BCUT2D eigenvalue weighted by molar-refractivity contribution is 6.80. The number of methoxy groups -OCH3 is 2. The average molecular weight is 510 g/mol. The van der Waals surface area contributed by atoms with Gasteiger partial charge in [0.25, 0.3) is 9.04 Å². The summed E-state index contributed by atoms with van der Waals surface area (Å²) in [6, 6.07) is 32.6. The average Bonchev–Trinajstić information content (AvgIpc) is 2.93. The van der Waals surface area contributed by atoms with E-state index in [9.17, 15) is 4.79 Å². The minimum Gasteiger partial charge on any atom is -0.496 e. The molecule has 37 heavy (non-hydrogen) atoms. The molecule has 4 aromatic rings. The predicted octanol–water partition coefficient (Wildman–Crippen LogP) is 5.77. The first-order valence-electron chi connectivity index (χ1n) is 12.3. The Morgan fingerprint density at radius 1 is 0.784 bits per heavy atom. The number of hydrogen-bond acceptors (Lipinski definition) is 4. The molecule has 0 aliphatic rings. The highest BCUT2D eigenvalue weighted by Gasteiger charge is 2.24. The molecule has 0 N–H and O–H groups in total. The van der Waals surface area contributed by atoms with Crippen molar-refractivity contribution in [2.75, 3.05) is 14.2 Å². The van der Waals surface area contributed by atoms with Crippen molar-refractivity contribution in [3.63, 3.8) is 0 Å². The maximum absolute atomic E-state index is 12.7. The van der Waals surface area contributed by atoms with Crippen molar-refractivity contribution in [1.29, 1.82) is 0 Å². The van der Waals surface area contributed by atoms with Gasteiger partial charge in [-0.05, 0) is 44.6 Å². The molecule has 0 atom stereocenters. The Morgan fingerprint density at radius 3 is 1.95 bits per heavy atom. The van der Waals surface area contributed by atoms with Crippen molar-refractivity contribution < 1.29 is 18.7 Å². The summed E-state index contributed by atoms with van der Waals surface area (Å²) < 4.78 is 17.6. The Balaban J connectivity index is 1.83. The quantitative estimate of drug-likeness (QED) is 0.223. The number of rotatable bonds is 8. The predicted molar refractivity (Wildman–Crippen MR) is 151 cm³/mol. The van der Waals surface area contributed by atoms with E-state index in [1.54, 1.807) is 19.2 Å². The molecule has 189 valence electrons. The molecule has 0 aromatic heterocycles. The molecule has 0 fully saturated rings. The summed E-state index contributed by atoms with van der Waals surface area (Å²) in [5.74, 6) is 0.211. The van der Waals surface area contributed by atoms with Crippen molar-refractivity contribution in [2.24, 2.45) is 0 Å². The van der Waals surface area contributed by atoms with Crippen LogP contribution in [0, 0.1) is 0 Å². The van der Waals surface area contributed by atoms with Gasteiger partial charge in [-0.3, -0.25) is 0 Å². The fourth-order valence-corrected chi connectivity index (χ4v) is 6.30. The lowest BCUT2D eigenvalue weighted by molar-refractivity contribution is 0.0601. The summed E-state index contributed by atoms with van der Waals surface area (Å²) in [5.41, 5.74) is 4.21. The van der Waals surface area contributed by atoms with Crippen molar-refractivity contribution in [3.8, 4) is 16.9 Å². The van der Waals surface area contributed by atoms with Crippen LogP contribution in [-0.2, 0) is 21.2 Å². The zero-order valence-corrected chi connectivity index (χ0v) is 23.1. The van der Waals surface area contributed by atoms with Gasteiger partial charge in [0.2, 0.25) is 0 Å². The van der Waals surface area contributed by atoms with Crippen molar-refractivity contribution in [1.82, 2.24) is 0 Å². The van der Waals surface area contributed by atoms with Crippen LogP contribution in [0.15, 0.2) is 97.1 Å². The molecular formula is C32H33O4Si. The van der Waals surface area contributed by atoms with Crippen LogP contribution in [-0.4, -0.2) is 29.2 Å². The zero-order valence-electron chi connectivity index (χ0n) is 22.1. The normalized spacial score (nSPS) is 11.4. The van der Waals surface area contributed by atoms with Crippen LogP contribution in [0.5, 0.6) is 5.75 Å². The second-order valence-electron chi connectivity index (χ2n) is 9.85. The lowest BCUT2D eigenvalue weighted by Crippen LogP contribution is -2.44. The first-order valence-corrected chi connectivity index (χ1v) is 13.7. The summed E-state index contributed by atoms with van der Waals surface area (Å²) in [6.45, 7) is 6.96. The van der Waals surface area contributed by atoms with E-state index in [1.807, 2.05) is 18.2 Å². The topological polar surface area (TPSA) is 44.8 Å². The molecule has 0 unspecified atom stereocenters. The maximum Gasteiger partial charge on any atom is 0.338 e. The molecule has 4 rings (SSSR count). The van der Waals surface area contributed by atoms with Gasteiger partial charge in [-0.15, -0.1) is 0 Å². The number of ether oxygens (including phenoxy) is 2. The van der Waals surface area contributed by atoms with Crippen LogP contribution < -0.4 is 15.1 Å². The van der Waals surface area contributed by atoms with Crippen LogP contribution in [0.1, 0.15) is 42.3 Å². The third kappa shape index (κ3) is 6.01. The molecule has 4 nitrogen and oxygen atoms in total. The molecule has 0 heterocycles. The van der Waals surface area contributed by atoms with E-state index in [-0.39, 0.29) is 5.41 Å². The highest BCUT2D eigenvalue weighted by Crippen LogP contribution is 2.38. The fourth-order valence-electron chi connectivity index (χ4n) is 4.34. The minimum absolute atomic E-state index is 0.0497. The molecular weight excluding hydrogens is 476 g/mol. The third-order valence-electron chi connectivity index (χ3n) is 6.34. The molecule has 0 bridgehead atoms. The van der Waals surface area contributed by atoms with Gasteiger partial charge in [0.15, 0.2) is 0 Å². The van der Waals surface area contributed by atoms with E-state index in [4.69, 9.17) is 13.9 Å². The van der Waals surface area contributed by atoms with Crippen LogP contribution >= 0.6 is 0 Å². The molecule has 4 aromatic carbocycles. The van der Waals surface area contributed by atoms with Crippen LogP contribution in [0.25, 0.3) is 11.1 Å². The third-order valence-corrected chi connectivity index (χ3v) is 8.48. The number of carbonyl (C=O) groups is 1. The van der Waals surface area contributed by atoms with E-state index >= 15 is 0 Å². The van der Waals surface area contributed by atoms with Gasteiger partial charge < -0.3 is 13.9 Å². The lowest BCUT2D eigenvalue weighted by Gasteiger charge is -2.24. The second-order valence-corrected chi connectivity index (χ2v) is 11.9. The maximum atomic E-state index is 12.7. The van der Waals surface area contributed by atoms with Crippen molar-refractivity contribution in [3.05, 3.63) is 114 Å². The Bertz CT molecular complexity index is 1310. The largest absolute Gasteiger partial charge is 0.496 e.